The molecule has 0 bridgehead atoms. The van der Waals surface area contributed by atoms with Gasteiger partial charge in [-0.05, 0) is 50.6 Å². The second-order valence-corrected chi connectivity index (χ2v) is 15.5. The number of fused-ring (bicyclic) bond motifs is 6. The number of hydrogen-bond acceptors (Lipinski definition) is 12. The van der Waals surface area contributed by atoms with Crippen LogP contribution in [0.25, 0.3) is 11.3 Å². The van der Waals surface area contributed by atoms with Crippen LogP contribution in [0, 0.1) is 12.8 Å². The Morgan fingerprint density at radius 2 is 1.59 bits per heavy atom. The number of carbonyl (C=O) groups excluding carboxylic acids is 5. The highest BCUT2D eigenvalue weighted by Crippen LogP contribution is 2.78. The number of ketones is 2. The van der Waals surface area contributed by atoms with E-state index >= 15 is 0 Å². The average molecular weight is 755 g/mol. The molecule has 0 saturated carbocycles. The Hall–Kier alpha value is -5.14. The number of carbonyl (C=O) groups is 5. The Labute approximate surface area is 298 Å². The lowest BCUT2D eigenvalue weighted by Gasteiger charge is -2.52. The van der Waals surface area contributed by atoms with Gasteiger partial charge in [-0.25, -0.2) is 0 Å². The molecule has 1 spiro atoms. The summed E-state index contributed by atoms with van der Waals surface area (Å²) < 4.78 is 36.3. The van der Waals surface area contributed by atoms with Crippen molar-refractivity contribution in [3.8, 4) is 28.5 Å². The third-order valence-corrected chi connectivity index (χ3v) is 11.6. The van der Waals surface area contributed by atoms with Gasteiger partial charge in [-0.15, -0.1) is 0 Å². The molecule has 6 atom stereocenters. The number of halogens is 1. The molecule has 2 aliphatic heterocycles. The second-order valence-electron chi connectivity index (χ2n) is 13.8. The smallest absolute Gasteiger partial charge is 0.308 e. The highest BCUT2D eigenvalue weighted by Gasteiger charge is 2.82. The minimum absolute atomic E-state index is 0.0158. The summed E-state index contributed by atoms with van der Waals surface area (Å²) in [6.45, 7) is 9.30. The van der Waals surface area contributed by atoms with E-state index in [4.69, 9.17) is 28.2 Å². The van der Waals surface area contributed by atoms with Crippen LogP contribution in [0.15, 0.2) is 47.0 Å². The fourth-order valence-corrected chi connectivity index (χ4v) is 10.4. The summed E-state index contributed by atoms with van der Waals surface area (Å²) in [5, 5.41) is 4.53. The fourth-order valence-electron chi connectivity index (χ4n) is 9.40. The van der Waals surface area contributed by atoms with E-state index in [1.165, 1.54) is 20.8 Å². The third kappa shape index (κ3) is 3.67. The molecule has 0 radical (unpaired) electrons. The van der Waals surface area contributed by atoms with Crippen molar-refractivity contribution >= 4 is 45.4 Å². The molecule has 1 saturated heterocycles. The van der Waals surface area contributed by atoms with Gasteiger partial charge in [-0.2, -0.15) is 0 Å². The fraction of sp³-hybridized carbons (Fsp3) is 0.316. The van der Waals surface area contributed by atoms with Gasteiger partial charge in [0.2, 0.25) is 5.78 Å². The first kappa shape index (κ1) is 31.8. The summed E-state index contributed by atoms with van der Waals surface area (Å²) in [7, 11) is 0. The molecule has 13 heteroatoms. The van der Waals surface area contributed by atoms with Crippen LogP contribution in [-0.2, 0) is 35.1 Å². The van der Waals surface area contributed by atoms with Crippen molar-refractivity contribution in [3.63, 3.8) is 0 Å². The summed E-state index contributed by atoms with van der Waals surface area (Å²) in [4.78, 5) is 66.1. The normalized spacial score (nSPS) is 28.3. The van der Waals surface area contributed by atoms with Crippen molar-refractivity contribution in [1.82, 2.24) is 5.16 Å². The van der Waals surface area contributed by atoms with Crippen molar-refractivity contribution < 1.29 is 52.2 Å². The molecule has 258 valence electrons. The molecule has 9 rings (SSSR count). The number of alkyl halides is 1. The molecule has 5 aliphatic rings. The number of aromatic nitrogens is 1. The molecule has 3 aliphatic carbocycles. The molecule has 12 nitrogen and oxygen atoms in total. The van der Waals surface area contributed by atoms with Crippen LogP contribution < -0.4 is 14.2 Å². The lowest BCUT2D eigenvalue weighted by atomic mass is 9.51. The molecule has 1 fully saturated rings. The van der Waals surface area contributed by atoms with Gasteiger partial charge < -0.3 is 28.2 Å². The van der Waals surface area contributed by atoms with E-state index in [1.807, 2.05) is 13.8 Å². The van der Waals surface area contributed by atoms with Gasteiger partial charge in [0.1, 0.15) is 28.4 Å². The molecule has 4 aromatic rings. The molecule has 0 amide bonds. The zero-order chi connectivity index (χ0) is 36.1. The van der Waals surface area contributed by atoms with Gasteiger partial charge in [-0.1, -0.05) is 39.3 Å². The van der Waals surface area contributed by atoms with Gasteiger partial charge in [0.05, 0.1) is 27.1 Å². The lowest BCUT2D eigenvalue weighted by Crippen LogP contribution is -2.60. The molecule has 1 aromatic heterocycles. The van der Waals surface area contributed by atoms with Crippen molar-refractivity contribution in [3.05, 3.63) is 92.7 Å². The van der Waals surface area contributed by atoms with Gasteiger partial charge in [0, 0.05) is 54.5 Å². The molecule has 3 heterocycles. The van der Waals surface area contributed by atoms with Crippen molar-refractivity contribution in [2.24, 2.45) is 5.92 Å². The maximum Gasteiger partial charge on any atom is 0.308 e. The molecule has 3 aromatic carbocycles. The summed E-state index contributed by atoms with van der Waals surface area (Å²) >= 11 is 3.95. The highest BCUT2D eigenvalue weighted by atomic mass is 79.9. The largest absolute Gasteiger partial charge is 0.455 e. The van der Waals surface area contributed by atoms with E-state index in [0.717, 1.165) is 0 Å². The third-order valence-electron chi connectivity index (χ3n) is 10.7. The van der Waals surface area contributed by atoms with E-state index in [-0.39, 0.29) is 45.3 Å². The van der Waals surface area contributed by atoms with E-state index in [0.29, 0.717) is 33.5 Å². The number of esters is 3. The molecule has 51 heavy (non-hydrogen) atoms. The average Bonchev–Trinajstić information content (AvgIpc) is 3.67. The Bertz CT molecular complexity index is 2370. The van der Waals surface area contributed by atoms with Crippen molar-refractivity contribution in [2.45, 2.75) is 69.3 Å². The van der Waals surface area contributed by atoms with Crippen LogP contribution in [0.3, 0.4) is 0 Å². The number of aryl methyl sites for hydroxylation is 1. The quantitative estimate of drug-likeness (QED) is 0.122. The maximum atomic E-state index is 14.8. The van der Waals surface area contributed by atoms with Gasteiger partial charge >= 0.3 is 17.9 Å². The van der Waals surface area contributed by atoms with Crippen LogP contribution >= 0.6 is 15.9 Å². The van der Waals surface area contributed by atoms with Crippen LogP contribution in [0.4, 0.5) is 0 Å². The first-order valence-electron chi connectivity index (χ1n) is 16.3. The van der Waals surface area contributed by atoms with Gasteiger partial charge in [0.25, 0.3) is 5.79 Å². The van der Waals surface area contributed by atoms with E-state index < -0.39 is 63.1 Å². The minimum atomic E-state index is -1.72. The molecular weight excluding hydrogens is 726 g/mol. The zero-order valence-corrected chi connectivity index (χ0v) is 29.7. The molecular formula is C38H28BrNO11. The Balaban J connectivity index is 1.40. The minimum Gasteiger partial charge on any atom is -0.455 e. The Morgan fingerprint density at radius 3 is 2.29 bits per heavy atom. The monoisotopic (exact) mass is 753 g/mol. The van der Waals surface area contributed by atoms with Gasteiger partial charge in [-0.3, -0.25) is 24.0 Å². The number of hydrogen-bond donors (Lipinski definition) is 0. The van der Waals surface area contributed by atoms with Crippen LogP contribution in [0.2, 0.25) is 0 Å². The van der Waals surface area contributed by atoms with Crippen LogP contribution in [0.5, 0.6) is 17.2 Å². The van der Waals surface area contributed by atoms with E-state index in [9.17, 15) is 24.0 Å². The highest BCUT2D eigenvalue weighted by molar-refractivity contribution is 9.10. The molecule has 0 unspecified atom stereocenters. The van der Waals surface area contributed by atoms with E-state index in [2.05, 4.69) is 21.1 Å². The predicted molar refractivity (Wildman–Crippen MR) is 178 cm³/mol. The lowest BCUT2D eigenvalue weighted by molar-refractivity contribution is -0.187. The predicted octanol–water partition coefficient (Wildman–Crippen LogP) is 5.93. The van der Waals surface area contributed by atoms with Crippen LogP contribution in [0.1, 0.15) is 101 Å². The summed E-state index contributed by atoms with van der Waals surface area (Å²) in [6, 6.07) is 11.6. The number of nitrogens with zero attached hydrogens (tertiary/aromatic N) is 1. The SMILES string of the molecule is CC(=O)Oc1cc(C)cc2c1C(=O)c1c(ccc3c1O[C@]14O[C@H](C)[C@H]5[C@](C)(Br)[C@@H](OC(C)=O)c6onc(c6[C@]351)-c1c(OC(C)=O)cccc14)C2=O. The zero-order valence-electron chi connectivity index (χ0n) is 28.1. The Kier molecular flexibility index (Phi) is 6.24. The number of rotatable bonds is 3. The summed E-state index contributed by atoms with van der Waals surface area (Å²) in [5.41, 5.74) is 1.60. The first-order valence-corrected chi connectivity index (χ1v) is 17.1. The van der Waals surface area contributed by atoms with Gasteiger partial charge in [0.15, 0.2) is 17.6 Å². The summed E-state index contributed by atoms with van der Waals surface area (Å²) in [5.74, 6) is -4.66. The standard InChI is InChI=1S/C38H28BrNO11/c1-14-12-20-25(24(13-14)47-17(4)42)31(45)26-19(30(20)44)10-11-22-32(26)50-38-21-8-7-9-23(46-16(3)41)27(21)29-28-33(51-40-29)35(48-18(5)43)36(6,39)34(15(2)49-38)37(22,28)38/h7-13,15,34-35H,1-6H3/t15-,34+,35+,36+,37-,38+/m1/s1. The Morgan fingerprint density at radius 1 is 0.863 bits per heavy atom. The topological polar surface area (TPSA) is 158 Å². The van der Waals surface area contributed by atoms with E-state index in [1.54, 1.807) is 49.4 Å². The van der Waals surface area contributed by atoms with Crippen molar-refractivity contribution in [1.29, 1.82) is 0 Å². The second kappa shape index (κ2) is 10.0. The molecule has 0 N–H and O–H groups in total. The van der Waals surface area contributed by atoms with Crippen LogP contribution in [-0.4, -0.2) is 45.1 Å². The maximum absolute atomic E-state index is 14.8. The first-order chi connectivity index (χ1) is 24.1. The number of ether oxygens (including phenoxy) is 5. The summed E-state index contributed by atoms with van der Waals surface area (Å²) in [6.07, 6.45) is -1.58. The van der Waals surface area contributed by atoms with Crippen molar-refractivity contribution in [2.75, 3.05) is 0 Å². The number of benzene rings is 3.